The van der Waals surface area contributed by atoms with Crippen LogP contribution in [0, 0.1) is 0 Å². The highest BCUT2D eigenvalue weighted by molar-refractivity contribution is 7.91. The Kier molecular flexibility index (Phi) is 3.27. The van der Waals surface area contributed by atoms with Crippen molar-refractivity contribution in [3.05, 3.63) is 11.1 Å². The molecule has 2 saturated heterocycles. The summed E-state index contributed by atoms with van der Waals surface area (Å²) in [4.78, 5) is 13.7. The van der Waals surface area contributed by atoms with Crippen LogP contribution in [-0.4, -0.2) is 56.9 Å². The summed E-state index contributed by atoms with van der Waals surface area (Å²) in [7, 11) is -1.24. The number of sulfone groups is 1. The second-order valence-corrected chi connectivity index (χ2v) is 7.03. The van der Waals surface area contributed by atoms with Crippen molar-refractivity contribution in [3.63, 3.8) is 0 Å². The zero-order chi connectivity index (χ0) is 12.6. The number of carbonyl (C=O) groups is 1. The summed E-state index contributed by atoms with van der Waals surface area (Å²) in [6.07, 6.45) is 0.561. The number of likely N-dealkylation sites (N-methyl/N-ethyl adjacent to an activating group) is 1. The van der Waals surface area contributed by atoms with E-state index in [0.717, 1.165) is 24.2 Å². The van der Waals surface area contributed by atoms with Gasteiger partial charge in [0.15, 0.2) is 9.84 Å². The first-order valence-electron chi connectivity index (χ1n) is 5.77. The Bertz CT molecular complexity index is 461. The lowest BCUT2D eigenvalue weighted by Gasteiger charge is -2.27. The van der Waals surface area contributed by atoms with Crippen molar-refractivity contribution in [2.45, 2.75) is 19.4 Å². The van der Waals surface area contributed by atoms with Crippen LogP contribution in [0.2, 0.25) is 0 Å². The molecule has 2 aliphatic heterocycles. The van der Waals surface area contributed by atoms with Gasteiger partial charge in [0.05, 0.1) is 11.5 Å². The molecule has 2 fully saturated rings. The third-order valence-electron chi connectivity index (χ3n) is 3.60. The van der Waals surface area contributed by atoms with E-state index < -0.39 is 9.84 Å². The Labute approximate surface area is 102 Å². The van der Waals surface area contributed by atoms with Gasteiger partial charge in [-0.3, -0.25) is 4.79 Å². The molecule has 1 unspecified atom stereocenters. The summed E-state index contributed by atoms with van der Waals surface area (Å²) in [5, 5.41) is 3.09. The van der Waals surface area contributed by atoms with E-state index in [1.165, 1.54) is 0 Å². The maximum atomic E-state index is 12.1. The van der Waals surface area contributed by atoms with Crippen LogP contribution < -0.4 is 5.32 Å². The van der Waals surface area contributed by atoms with Crippen molar-refractivity contribution >= 4 is 15.7 Å². The first kappa shape index (κ1) is 12.6. The molecule has 1 amide bonds. The lowest BCUT2D eigenvalue weighted by molar-refractivity contribution is -0.127. The number of hydrogen-bond acceptors (Lipinski definition) is 4. The molecule has 1 atom stereocenters. The highest BCUT2D eigenvalue weighted by Gasteiger charge is 2.33. The summed E-state index contributed by atoms with van der Waals surface area (Å²) in [5.74, 6) is 0.270. The van der Waals surface area contributed by atoms with E-state index >= 15 is 0 Å². The average Bonchev–Trinajstić information content (AvgIpc) is 2.54. The van der Waals surface area contributed by atoms with Gasteiger partial charge in [-0.2, -0.15) is 0 Å². The van der Waals surface area contributed by atoms with E-state index in [9.17, 15) is 13.2 Å². The van der Waals surface area contributed by atoms with Crippen molar-refractivity contribution in [3.8, 4) is 0 Å². The molecule has 17 heavy (non-hydrogen) atoms. The SMILES string of the molecule is CC(C(=O)N(C)C1CCS(=O)(=O)C1)=C1CNC1. The summed E-state index contributed by atoms with van der Waals surface area (Å²) < 4.78 is 22.8. The molecule has 5 nitrogen and oxygen atoms in total. The topological polar surface area (TPSA) is 66.5 Å². The Balaban J connectivity index is 2.06. The quantitative estimate of drug-likeness (QED) is 0.681. The van der Waals surface area contributed by atoms with Gasteiger partial charge < -0.3 is 10.2 Å². The van der Waals surface area contributed by atoms with Crippen LogP contribution in [0.15, 0.2) is 11.1 Å². The van der Waals surface area contributed by atoms with Crippen LogP contribution in [0.4, 0.5) is 0 Å². The van der Waals surface area contributed by atoms with E-state index in [4.69, 9.17) is 0 Å². The second-order valence-electron chi connectivity index (χ2n) is 4.81. The average molecular weight is 258 g/mol. The number of carbonyl (C=O) groups excluding carboxylic acids is 1. The van der Waals surface area contributed by atoms with E-state index in [1.807, 2.05) is 6.92 Å². The van der Waals surface area contributed by atoms with Gasteiger partial charge in [0.25, 0.3) is 0 Å². The molecule has 2 rings (SSSR count). The van der Waals surface area contributed by atoms with Crippen LogP contribution in [0.25, 0.3) is 0 Å². The largest absolute Gasteiger partial charge is 0.338 e. The van der Waals surface area contributed by atoms with E-state index in [2.05, 4.69) is 5.32 Å². The van der Waals surface area contributed by atoms with Crippen LogP contribution in [0.1, 0.15) is 13.3 Å². The fourth-order valence-corrected chi connectivity index (χ4v) is 3.95. The summed E-state index contributed by atoms with van der Waals surface area (Å²) in [6, 6.07) is -0.156. The molecule has 0 saturated carbocycles. The maximum absolute atomic E-state index is 12.1. The molecule has 0 bridgehead atoms. The standard InChI is InChI=1S/C11H18N2O3S/c1-8(9-5-12-6-9)11(14)13(2)10-3-4-17(15,16)7-10/h10,12H,3-7H2,1-2H3. The van der Waals surface area contributed by atoms with Gasteiger partial charge in [-0.15, -0.1) is 0 Å². The van der Waals surface area contributed by atoms with Crippen LogP contribution >= 0.6 is 0 Å². The summed E-state index contributed by atoms with van der Waals surface area (Å²) in [5.41, 5.74) is 1.89. The van der Waals surface area contributed by atoms with E-state index in [-0.39, 0.29) is 23.5 Å². The second kappa shape index (κ2) is 4.42. The molecular formula is C11H18N2O3S. The molecule has 0 aromatic carbocycles. The van der Waals surface area contributed by atoms with Gasteiger partial charge in [0, 0.05) is 31.8 Å². The van der Waals surface area contributed by atoms with Gasteiger partial charge in [-0.25, -0.2) is 8.42 Å². The van der Waals surface area contributed by atoms with Crippen LogP contribution in [0.5, 0.6) is 0 Å². The number of rotatable bonds is 2. The highest BCUT2D eigenvalue weighted by atomic mass is 32.2. The Morgan fingerprint density at radius 1 is 1.41 bits per heavy atom. The van der Waals surface area contributed by atoms with Crippen LogP contribution in [-0.2, 0) is 14.6 Å². The van der Waals surface area contributed by atoms with Gasteiger partial charge in [-0.1, -0.05) is 0 Å². The molecule has 96 valence electrons. The zero-order valence-electron chi connectivity index (χ0n) is 10.2. The van der Waals surface area contributed by atoms with Crippen molar-refractivity contribution in [2.75, 3.05) is 31.6 Å². The van der Waals surface area contributed by atoms with Gasteiger partial charge in [-0.05, 0) is 18.9 Å². The predicted octanol–water partition coefficient (Wildman–Crippen LogP) is -0.448. The Morgan fingerprint density at radius 3 is 2.47 bits per heavy atom. The van der Waals surface area contributed by atoms with Crippen molar-refractivity contribution in [1.29, 1.82) is 0 Å². The molecule has 2 aliphatic rings. The number of hydrogen-bond donors (Lipinski definition) is 1. The van der Waals surface area contributed by atoms with Crippen molar-refractivity contribution in [1.82, 2.24) is 10.2 Å². The Hall–Kier alpha value is -0.880. The number of nitrogens with one attached hydrogen (secondary N) is 1. The predicted molar refractivity (Wildman–Crippen MR) is 65.4 cm³/mol. The lowest BCUT2D eigenvalue weighted by atomic mass is 10.0. The smallest absolute Gasteiger partial charge is 0.249 e. The first-order valence-corrected chi connectivity index (χ1v) is 7.60. The number of nitrogens with zero attached hydrogens (tertiary/aromatic N) is 1. The minimum absolute atomic E-state index is 0.0383. The van der Waals surface area contributed by atoms with Gasteiger partial charge >= 0.3 is 0 Å². The third-order valence-corrected chi connectivity index (χ3v) is 5.35. The maximum Gasteiger partial charge on any atom is 0.249 e. The van der Waals surface area contributed by atoms with E-state index in [0.29, 0.717) is 6.42 Å². The third kappa shape index (κ3) is 2.52. The highest BCUT2D eigenvalue weighted by Crippen LogP contribution is 2.19. The van der Waals surface area contributed by atoms with Gasteiger partial charge in [0.2, 0.25) is 5.91 Å². The molecular weight excluding hydrogens is 240 g/mol. The van der Waals surface area contributed by atoms with Crippen molar-refractivity contribution < 1.29 is 13.2 Å². The molecule has 0 aromatic heterocycles. The Morgan fingerprint density at radius 2 is 2.06 bits per heavy atom. The fraction of sp³-hybridized carbons (Fsp3) is 0.727. The minimum atomic E-state index is -2.93. The lowest BCUT2D eigenvalue weighted by Crippen LogP contribution is -2.41. The molecule has 0 radical (unpaired) electrons. The molecule has 6 heteroatoms. The zero-order valence-corrected chi connectivity index (χ0v) is 11.0. The normalized spacial score (nSPS) is 26.5. The summed E-state index contributed by atoms with van der Waals surface area (Å²) in [6.45, 7) is 3.36. The van der Waals surface area contributed by atoms with E-state index in [1.54, 1.807) is 11.9 Å². The first-order chi connectivity index (χ1) is 7.91. The molecule has 1 N–H and O–H groups in total. The molecule has 0 spiro atoms. The number of amides is 1. The fourth-order valence-electron chi connectivity index (χ4n) is 2.18. The molecule has 0 aromatic rings. The summed E-state index contributed by atoms with van der Waals surface area (Å²) >= 11 is 0. The minimum Gasteiger partial charge on any atom is -0.338 e. The van der Waals surface area contributed by atoms with Crippen LogP contribution in [0.3, 0.4) is 0 Å². The van der Waals surface area contributed by atoms with Crippen molar-refractivity contribution in [2.24, 2.45) is 0 Å². The van der Waals surface area contributed by atoms with Gasteiger partial charge in [0.1, 0.15) is 0 Å². The molecule has 0 aliphatic carbocycles. The monoisotopic (exact) mass is 258 g/mol. The molecule has 2 heterocycles.